The van der Waals surface area contributed by atoms with Crippen molar-refractivity contribution in [3.63, 3.8) is 0 Å². The zero-order valence-corrected chi connectivity index (χ0v) is 12.8. The molecule has 1 unspecified atom stereocenters. The number of carbonyl (C=O) groups is 1. The van der Waals surface area contributed by atoms with Crippen LogP contribution in [0, 0.1) is 5.92 Å². The van der Waals surface area contributed by atoms with Crippen LogP contribution in [0.15, 0.2) is 5.38 Å². The van der Waals surface area contributed by atoms with E-state index in [2.05, 4.69) is 17.2 Å². The number of rotatable bonds is 7. The first-order valence-electron chi connectivity index (χ1n) is 7.06. The second-order valence-corrected chi connectivity index (χ2v) is 6.18. The van der Waals surface area contributed by atoms with Gasteiger partial charge in [0.05, 0.1) is 5.69 Å². The number of hydrogen-bond acceptors (Lipinski definition) is 4. The molecule has 1 aliphatic rings. The molecule has 1 atom stereocenters. The molecule has 1 heterocycles. The SMILES string of the molecule is CCN(C(C)=O)c1nc(CNC(C)CC2CC2)cs1. The van der Waals surface area contributed by atoms with E-state index in [4.69, 9.17) is 0 Å². The number of amides is 1. The molecule has 0 aromatic carbocycles. The third-order valence-corrected chi connectivity index (χ3v) is 4.39. The minimum atomic E-state index is 0.0541. The van der Waals surface area contributed by atoms with Crippen molar-refractivity contribution in [1.82, 2.24) is 10.3 Å². The van der Waals surface area contributed by atoms with Gasteiger partial charge in [-0.05, 0) is 26.2 Å². The Morgan fingerprint density at radius 3 is 2.95 bits per heavy atom. The maximum absolute atomic E-state index is 11.5. The fraction of sp³-hybridized carbons (Fsp3) is 0.714. The molecule has 1 N–H and O–H groups in total. The highest BCUT2D eigenvalue weighted by molar-refractivity contribution is 7.14. The van der Waals surface area contributed by atoms with Crippen LogP contribution in [-0.2, 0) is 11.3 Å². The highest BCUT2D eigenvalue weighted by Crippen LogP contribution is 2.33. The van der Waals surface area contributed by atoms with Crippen LogP contribution in [0.25, 0.3) is 0 Å². The summed E-state index contributed by atoms with van der Waals surface area (Å²) in [6.07, 6.45) is 4.07. The van der Waals surface area contributed by atoms with Gasteiger partial charge in [-0.1, -0.05) is 12.8 Å². The molecule has 1 aliphatic carbocycles. The number of nitrogens with zero attached hydrogens (tertiary/aromatic N) is 2. The Morgan fingerprint density at radius 1 is 1.63 bits per heavy atom. The highest BCUT2D eigenvalue weighted by Gasteiger charge is 2.23. The lowest BCUT2D eigenvalue weighted by atomic mass is 10.1. The zero-order valence-electron chi connectivity index (χ0n) is 12.0. The molecule has 1 aromatic heterocycles. The Balaban J connectivity index is 1.84. The average molecular weight is 281 g/mol. The molecule has 106 valence electrons. The number of nitrogens with one attached hydrogen (secondary N) is 1. The standard InChI is InChI=1S/C14H23N3OS/c1-4-17(11(3)18)14-16-13(9-19-14)8-15-10(2)7-12-5-6-12/h9-10,12,15H,4-8H2,1-3H3. The van der Waals surface area contributed by atoms with Crippen LogP contribution in [0.3, 0.4) is 0 Å². The van der Waals surface area contributed by atoms with Crippen molar-refractivity contribution in [2.24, 2.45) is 5.92 Å². The van der Waals surface area contributed by atoms with Gasteiger partial charge in [0, 0.05) is 31.4 Å². The Hall–Kier alpha value is -0.940. The van der Waals surface area contributed by atoms with Crippen molar-refractivity contribution in [2.75, 3.05) is 11.4 Å². The molecule has 5 heteroatoms. The quantitative estimate of drug-likeness (QED) is 0.836. The number of aromatic nitrogens is 1. The van der Waals surface area contributed by atoms with Gasteiger partial charge in [0.15, 0.2) is 5.13 Å². The molecule has 0 radical (unpaired) electrons. The summed E-state index contributed by atoms with van der Waals surface area (Å²) in [5.74, 6) is 1.00. The number of carbonyl (C=O) groups excluding carboxylic acids is 1. The van der Waals surface area contributed by atoms with Gasteiger partial charge in [0.25, 0.3) is 0 Å². The van der Waals surface area contributed by atoms with Gasteiger partial charge in [-0.15, -0.1) is 11.3 Å². The summed E-state index contributed by atoms with van der Waals surface area (Å²) in [6.45, 7) is 7.26. The second kappa shape index (κ2) is 6.48. The summed E-state index contributed by atoms with van der Waals surface area (Å²) in [5.41, 5.74) is 1.03. The number of hydrogen-bond donors (Lipinski definition) is 1. The molecular formula is C14H23N3OS. The van der Waals surface area contributed by atoms with Gasteiger partial charge in [-0.25, -0.2) is 4.98 Å². The summed E-state index contributed by atoms with van der Waals surface area (Å²) in [4.78, 5) is 17.7. The molecule has 2 rings (SSSR count). The van der Waals surface area contributed by atoms with Gasteiger partial charge in [0.2, 0.25) is 5.91 Å². The van der Waals surface area contributed by atoms with E-state index in [0.717, 1.165) is 23.3 Å². The fourth-order valence-electron chi connectivity index (χ4n) is 2.21. The van der Waals surface area contributed by atoms with Crippen molar-refractivity contribution in [3.8, 4) is 0 Å². The van der Waals surface area contributed by atoms with Crippen LogP contribution >= 0.6 is 11.3 Å². The van der Waals surface area contributed by atoms with Crippen molar-refractivity contribution >= 4 is 22.4 Å². The average Bonchev–Trinajstić information content (AvgIpc) is 3.04. The molecule has 1 fully saturated rings. The predicted molar refractivity (Wildman–Crippen MR) is 79.5 cm³/mol. The topological polar surface area (TPSA) is 45.2 Å². The van der Waals surface area contributed by atoms with E-state index in [1.54, 1.807) is 23.2 Å². The summed E-state index contributed by atoms with van der Waals surface area (Å²) < 4.78 is 0. The van der Waals surface area contributed by atoms with Crippen LogP contribution < -0.4 is 10.2 Å². The van der Waals surface area contributed by atoms with Crippen molar-refractivity contribution in [2.45, 2.75) is 52.6 Å². The van der Waals surface area contributed by atoms with Crippen molar-refractivity contribution in [3.05, 3.63) is 11.1 Å². The molecule has 0 aliphatic heterocycles. The predicted octanol–water partition coefficient (Wildman–Crippen LogP) is 2.79. The Labute approximate surface area is 119 Å². The molecule has 1 amide bonds. The van der Waals surface area contributed by atoms with Crippen LogP contribution in [-0.4, -0.2) is 23.5 Å². The lowest BCUT2D eigenvalue weighted by Crippen LogP contribution is -2.28. The van der Waals surface area contributed by atoms with E-state index in [9.17, 15) is 4.79 Å². The fourth-order valence-corrected chi connectivity index (χ4v) is 3.14. The van der Waals surface area contributed by atoms with E-state index in [-0.39, 0.29) is 5.91 Å². The van der Waals surface area contributed by atoms with Gasteiger partial charge < -0.3 is 5.32 Å². The van der Waals surface area contributed by atoms with Gasteiger partial charge in [0.1, 0.15) is 0 Å². The van der Waals surface area contributed by atoms with E-state index in [0.29, 0.717) is 12.6 Å². The smallest absolute Gasteiger partial charge is 0.225 e. The largest absolute Gasteiger partial charge is 0.309 e. The number of anilines is 1. The monoisotopic (exact) mass is 281 g/mol. The maximum atomic E-state index is 11.5. The third kappa shape index (κ3) is 4.28. The minimum Gasteiger partial charge on any atom is -0.309 e. The molecule has 0 saturated heterocycles. The third-order valence-electron chi connectivity index (χ3n) is 3.48. The van der Waals surface area contributed by atoms with Crippen LogP contribution in [0.1, 0.15) is 45.7 Å². The second-order valence-electron chi connectivity index (χ2n) is 5.35. The van der Waals surface area contributed by atoms with Gasteiger partial charge in [-0.3, -0.25) is 9.69 Å². The summed E-state index contributed by atoms with van der Waals surface area (Å²) in [6, 6.07) is 0.549. The molecule has 1 saturated carbocycles. The Morgan fingerprint density at radius 2 is 2.37 bits per heavy atom. The van der Waals surface area contributed by atoms with Crippen molar-refractivity contribution in [1.29, 1.82) is 0 Å². The summed E-state index contributed by atoms with van der Waals surface area (Å²) >= 11 is 1.54. The first-order valence-corrected chi connectivity index (χ1v) is 7.94. The van der Waals surface area contributed by atoms with Gasteiger partial charge in [-0.2, -0.15) is 0 Å². The molecule has 19 heavy (non-hydrogen) atoms. The van der Waals surface area contributed by atoms with Crippen molar-refractivity contribution < 1.29 is 4.79 Å². The van der Waals surface area contributed by atoms with E-state index < -0.39 is 0 Å². The molecule has 1 aromatic rings. The first kappa shape index (κ1) is 14.5. The highest BCUT2D eigenvalue weighted by atomic mass is 32.1. The van der Waals surface area contributed by atoms with E-state index in [1.807, 2.05) is 12.3 Å². The molecule has 4 nitrogen and oxygen atoms in total. The minimum absolute atomic E-state index is 0.0541. The number of thiazole rings is 1. The lowest BCUT2D eigenvalue weighted by Gasteiger charge is -2.15. The molecule has 0 bridgehead atoms. The van der Waals surface area contributed by atoms with Crippen LogP contribution in [0.4, 0.5) is 5.13 Å². The van der Waals surface area contributed by atoms with E-state index >= 15 is 0 Å². The Bertz CT molecular complexity index is 428. The van der Waals surface area contributed by atoms with Crippen LogP contribution in [0.5, 0.6) is 0 Å². The summed E-state index contributed by atoms with van der Waals surface area (Å²) in [5, 5.41) is 6.36. The Kier molecular flexibility index (Phi) is 4.93. The lowest BCUT2D eigenvalue weighted by molar-refractivity contribution is -0.116. The molecule has 0 spiro atoms. The van der Waals surface area contributed by atoms with E-state index in [1.165, 1.54) is 19.3 Å². The zero-order chi connectivity index (χ0) is 13.8. The first-order chi connectivity index (χ1) is 9.10. The van der Waals surface area contributed by atoms with Crippen LogP contribution in [0.2, 0.25) is 0 Å². The van der Waals surface area contributed by atoms with Gasteiger partial charge >= 0.3 is 0 Å². The summed E-state index contributed by atoms with van der Waals surface area (Å²) in [7, 11) is 0. The molecular weight excluding hydrogens is 258 g/mol. The normalized spacial score (nSPS) is 16.4. The maximum Gasteiger partial charge on any atom is 0.225 e.